The molecule has 0 spiro atoms. The van der Waals surface area contributed by atoms with Crippen LogP contribution in [0.5, 0.6) is 0 Å². The lowest BCUT2D eigenvalue weighted by Crippen LogP contribution is -2.38. The summed E-state index contributed by atoms with van der Waals surface area (Å²) < 4.78 is 42.2. The maximum atomic E-state index is 13.0. The molecule has 1 aliphatic rings. The van der Waals surface area contributed by atoms with Crippen LogP contribution in [-0.2, 0) is 16.6 Å². The van der Waals surface area contributed by atoms with E-state index >= 15 is 0 Å². The summed E-state index contributed by atoms with van der Waals surface area (Å²) in [6.45, 7) is 5.19. The topological polar surface area (TPSA) is 93.0 Å². The molecule has 0 aromatic carbocycles. The third kappa shape index (κ3) is 4.59. The maximum absolute atomic E-state index is 13.0. The first-order valence-electron chi connectivity index (χ1n) is 10.3. The average molecular weight is 445 g/mol. The molecular weight excluding hydrogens is 419 g/mol. The number of hydrogen-bond donors (Lipinski definition) is 1. The van der Waals surface area contributed by atoms with E-state index in [0.717, 1.165) is 17.6 Å². The Labute approximate surface area is 181 Å². The number of halogens is 1. The van der Waals surface area contributed by atoms with Gasteiger partial charge in [-0.25, -0.2) is 17.8 Å². The fourth-order valence-corrected chi connectivity index (χ4v) is 5.40. The van der Waals surface area contributed by atoms with Crippen molar-refractivity contribution in [2.45, 2.75) is 44.0 Å². The lowest BCUT2D eigenvalue weighted by atomic mass is 9.94. The van der Waals surface area contributed by atoms with Gasteiger partial charge in [0.25, 0.3) is 0 Å². The number of anilines is 2. The van der Waals surface area contributed by atoms with Crippen LogP contribution in [0.3, 0.4) is 0 Å². The van der Waals surface area contributed by atoms with E-state index in [2.05, 4.69) is 20.4 Å². The molecule has 1 saturated heterocycles. The van der Waals surface area contributed by atoms with Gasteiger partial charge in [0.15, 0.2) is 0 Å². The van der Waals surface area contributed by atoms with Crippen LogP contribution in [0.1, 0.15) is 37.1 Å². The molecule has 164 valence electrons. The van der Waals surface area contributed by atoms with E-state index in [4.69, 9.17) is 0 Å². The largest absolute Gasteiger partial charge is 0.339 e. The van der Waals surface area contributed by atoms with Gasteiger partial charge in [-0.05, 0) is 51.0 Å². The van der Waals surface area contributed by atoms with Crippen LogP contribution < -0.4 is 5.32 Å². The molecular formula is C21H25FN6O2S. The summed E-state index contributed by atoms with van der Waals surface area (Å²) in [5.74, 6) is 0.349. The first-order valence-corrected chi connectivity index (χ1v) is 11.7. The van der Waals surface area contributed by atoms with Crippen molar-refractivity contribution < 1.29 is 12.8 Å². The molecule has 10 heteroatoms. The number of sulfonamides is 1. The quantitative estimate of drug-likeness (QED) is 0.626. The van der Waals surface area contributed by atoms with Crippen molar-refractivity contribution in [2.75, 3.05) is 18.4 Å². The molecule has 1 N–H and O–H groups in total. The lowest BCUT2D eigenvalue weighted by Gasteiger charge is -2.30. The average Bonchev–Trinajstić information content (AvgIpc) is 3.18. The molecule has 0 radical (unpaired) electrons. The van der Waals surface area contributed by atoms with Gasteiger partial charge in [0.05, 0.1) is 23.8 Å². The van der Waals surface area contributed by atoms with Gasteiger partial charge in [0.2, 0.25) is 10.0 Å². The fraction of sp³-hybridized carbons (Fsp3) is 0.381. The highest BCUT2D eigenvalue weighted by Crippen LogP contribution is 2.31. The normalized spacial score (nSPS) is 15.8. The number of nitrogens with zero attached hydrogens (tertiary/aromatic N) is 5. The summed E-state index contributed by atoms with van der Waals surface area (Å²) >= 11 is 0. The highest BCUT2D eigenvalue weighted by Gasteiger charge is 2.32. The Morgan fingerprint density at radius 2 is 1.90 bits per heavy atom. The smallest absolute Gasteiger partial charge is 0.246 e. The Hall–Kier alpha value is -2.85. The highest BCUT2D eigenvalue weighted by atomic mass is 32.2. The number of nitrogens with one attached hydrogen (secondary N) is 1. The van der Waals surface area contributed by atoms with E-state index in [1.165, 1.54) is 6.07 Å². The number of pyridine rings is 2. The zero-order valence-corrected chi connectivity index (χ0v) is 18.3. The fourth-order valence-electron chi connectivity index (χ4n) is 3.76. The number of aromatic nitrogens is 4. The monoisotopic (exact) mass is 444 g/mol. The molecule has 0 saturated carbocycles. The van der Waals surface area contributed by atoms with E-state index in [1.807, 2.05) is 19.1 Å². The summed E-state index contributed by atoms with van der Waals surface area (Å²) in [6, 6.07) is 6.74. The Balaban J connectivity index is 1.39. The van der Waals surface area contributed by atoms with Crippen molar-refractivity contribution >= 4 is 21.5 Å². The number of rotatable bonds is 6. The molecule has 0 aliphatic carbocycles. The zero-order chi connectivity index (χ0) is 22.0. The number of hydrogen-bond acceptors (Lipinski definition) is 6. The summed E-state index contributed by atoms with van der Waals surface area (Å²) in [7, 11) is -3.55. The molecule has 8 nitrogen and oxygen atoms in total. The van der Waals surface area contributed by atoms with Crippen molar-refractivity contribution in [1.29, 1.82) is 0 Å². The van der Waals surface area contributed by atoms with Crippen LogP contribution in [0.4, 0.5) is 15.9 Å². The van der Waals surface area contributed by atoms with Gasteiger partial charge in [-0.2, -0.15) is 9.40 Å². The van der Waals surface area contributed by atoms with Crippen LogP contribution in [0, 0.1) is 12.7 Å². The molecule has 1 aliphatic heterocycles. The summed E-state index contributed by atoms with van der Waals surface area (Å²) in [5.41, 5.74) is 2.22. The van der Waals surface area contributed by atoms with Crippen LogP contribution in [0.25, 0.3) is 0 Å². The van der Waals surface area contributed by atoms with Crippen molar-refractivity contribution in [3.05, 3.63) is 60.1 Å². The Morgan fingerprint density at radius 1 is 1.13 bits per heavy atom. The van der Waals surface area contributed by atoms with Gasteiger partial charge in [-0.3, -0.25) is 9.67 Å². The van der Waals surface area contributed by atoms with Gasteiger partial charge in [0.1, 0.15) is 16.5 Å². The second-order valence-electron chi connectivity index (χ2n) is 7.57. The summed E-state index contributed by atoms with van der Waals surface area (Å²) in [6.07, 6.45) is 5.89. The number of piperidine rings is 1. The third-order valence-electron chi connectivity index (χ3n) is 5.50. The van der Waals surface area contributed by atoms with Gasteiger partial charge >= 0.3 is 0 Å². The van der Waals surface area contributed by atoms with E-state index in [0.29, 0.717) is 44.0 Å². The van der Waals surface area contributed by atoms with Crippen molar-refractivity contribution in [2.24, 2.45) is 0 Å². The van der Waals surface area contributed by atoms with Crippen LogP contribution in [0.15, 0.2) is 47.8 Å². The molecule has 1 fully saturated rings. The van der Waals surface area contributed by atoms with E-state index in [9.17, 15) is 12.8 Å². The van der Waals surface area contributed by atoms with Crippen LogP contribution in [0.2, 0.25) is 0 Å². The molecule has 3 aromatic heterocycles. The Bertz CT molecular complexity index is 1140. The summed E-state index contributed by atoms with van der Waals surface area (Å²) in [5, 5.41) is 7.35. The highest BCUT2D eigenvalue weighted by molar-refractivity contribution is 7.89. The lowest BCUT2D eigenvalue weighted by molar-refractivity contribution is 0.316. The van der Waals surface area contributed by atoms with Gasteiger partial charge < -0.3 is 5.32 Å². The molecule has 0 unspecified atom stereocenters. The molecule has 0 amide bonds. The zero-order valence-electron chi connectivity index (χ0n) is 17.5. The minimum absolute atomic E-state index is 0.198. The van der Waals surface area contributed by atoms with Crippen molar-refractivity contribution in [3.8, 4) is 0 Å². The van der Waals surface area contributed by atoms with Crippen molar-refractivity contribution in [3.63, 3.8) is 0 Å². The van der Waals surface area contributed by atoms with E-state index in [1.54, 1.807) is 34.4 Å². The molecule has 3 aromatic rings. The second kappa shape index (κ2) is 8.72. The first kappa shape index (κ1) is 21.4. The predicted octanol–water partition coefficient (Wildman–Crippen LogP) is 3.45. The third-order valence-corrected chi connectivity index (χ3v) is 7.50. The van der Waals surface area contributed by atoms with Gasteiger partial charge in [-0.15, -0.1) is 0 Å². The molecule has 4 heterocycles. The van der Waals surface area contributed by atoms with Crippen LogP contribution >= 0.6 is 0 Å². The minimum atomic E-state index is -3.55. The first-order chi connectivity index (χ1) is 14.9. The molecule has 0 atom stereocenters. The van der Waals surface area contributed by atoms with Crippen LogP contribution in [-0.4, -0.2) is 45.6 Å². The molecule has 31 heavy (non-hydrogen) atoms. The SMILES string of the molecule is CCn1cc(S(=O)(=O)N2CCC(c3ccc(Nc4ccc(F)cn4)cn3)CC2)c(C)n1. The van der Waals surface area contributed by atoms with Gasteiger partial charge in [-0.1, -0.05) is 0 Å². The minimum Gasteiger partial charge on any atom is -0.339 e. The van der Waals surface area contributed by atoms with E-state index < -0.39 is 10.0 Å². The second-order valence-corrected chi connectivity index (χ2v) is 9.48. The Kier molecular flexibility index (Phi) is 6.01. The van der Waals surface area contributed by atoms with Gasteiger partial charge in [0, 0.05) is 37.4 Å². The molecule has 4 rings (SSSR count). The Morgan fingerprint density at radius 3 is 2.48 bits per heavy atom. The maximum Gasteiger partial charge on any atom is 0.246 e. The standard InChI is InChI=1S/C21H25FN6O2S/c1-3-27-14-20(15(2)26-27)31(29,30)28-10-8-16(9-11-28)19-6-5-18(13-23-19)25-21-7-4-17(22)12-24-21/h4-7,12-14,16H,3,8-11H2,1-2H3,(H,24,25). The van der Waals surface area contributed by atoms with E-state index in [-0.39, 0.29) is 16.6 Å². The molecule has 0 bridgehead atoms. The predicted molar refractivity (Wildman–Crippen MR) is 115 cm³/mol. The van der Waals surface area contributed by atoms with Crippen molar-refractivity contribution in [1.82, 2.24) is 24.1 Å². The number of aryl methyl sites for hydroxylation is 2. The summed E-state index contributed by atoms with van der Waals surface area (Å²) in [4.78, 5) is 8.81.